The van der Waals surface area contributed by atoms with Crippen LogP contribution in [-0.4, -0.2) is 29.9 Å². The van der Waals surface area contributed by atoms with E-state index in [1.165, 1.54) is 18.5 Å². The number of halogens is 2. The van der Waals surface area contributed by atoms with E-state index in [2.05, 4.69) is 22.2 Å². The molecule has 2 aromatic rings. The largest absolute Gasteiger partial charge is 0.352 e. The normalized spacial score (nSPS) is 10.2. The van der Waals surface area contributed by atoms with E-state index in [1.807, 2.05) is 6.07 Å². The Morgan fingerprint density at radius 3 is 2.40 bits per heavy atom. The fourth-order valence-electron chi connectivity index (χ4n) is 2.09. The lowest BCUT2D eigenvalue weighted by Gasteiger charge is -2.08. The Balaban J connectivity index is 1.94. The lowest BCUT2D eigenvalue weighted by atomic mass is 10.1. The molecule has 25 heavy (non-hydrogen) atoms. The quantitative estimate of drug-likeness (QED) is 0.727. The van der Waals surface area contributed by atoms with Crippen molar-refractivity contribution in [2.75, 3.05) is 13.1 Å². The van der Waals surface area contributed by atoms with Crippen molar-refractivity contribution in [2.45, 2.75) is 6.42 Å². The topological polar surface area (TPSA) is 71.1 Å². The molecule has 0 unspecified atom stereocenters. The summed E-state index contributed by atoms with van der Waals surface area (Å²) < 4.78 is 0. The molecule has 7 heteroatoms. The second-order valence-corrected chi connectivity index (χ2v) is 6.05. The first-order valence-electron chi connectivity index (χ1n) is 7.57. The summed E-state index contributed by atoms with van der Waals surface area (Å²) in [5.74, 6) is -0.619. The van der Waals surface area contributed by atoms with E-state index < -0.39 is 0 Å². The number of rotatable bonds is 7. The second kappa shape index (κ2) is 9.20. The van der Waals surface area contributed by atoms with E-state index in [9.17, 15) is 9.59 Å². The zero-order valence-electron chi connectivity index (χ0n) is 13.4. The van der Waals surface area contributed by atoms with Crippen molar-refractivity contribution in [1.82, 2.24) is 15.6 Å². The van der Waals surface area contributed by atoms with E-state index >= 15 is 0 Å². The molecule has 0 fully saturated rings. The van der Waals surface area contributed by atoms with Crippen molar-refractivity contribution in [3.63, 3.8) is 0 Å². The summed E-state index contributed by atoms with van der Waals surface area (Å²) in [5.41, 5.74) is 1.52. The highest BCUT2D eigenvalue weighted by atomic mass is 35.5. The maximum absolute atomic E-state index is 12.2. The van der Waals surface area contributed by atoms with Crippen molar-refractivity contribution in [2.24, 2.45) is 0 Å². The van der Waals surface area contributed by atoms with Crippen molar-refractivity contribution in [3.05, 3.63) is 76.0 Å². The zero-order valence-corrected chi connectivity index (χ0v) is 14.9. The standard InChI is InChI=1S/C18H17Cl2N3O2/c1-2-6-22-17(24)13-8-14(11-21-10-13)18(25)23-7-5-12-3-4-15(19)9-16(12)20/h2-4,8-11H,1,5-7H2,(H,22,24)(H,23,25). The Bertz CT molecular complexity index is 794. The van der Waals surface area contributed by atoms with Crippen molar-refractivity contribution in [1.29, 1.82) is 0 Å². The Morgan fingerprint density at radius 2 is 1.76 bits per heavy atom. The highest BCUT2D eigenvalue weighted by molar-refractivity contribution is 6.35. The molecule has 0 saturated carbocycles. The van der Waals surface area contributed by atoms with Gasteiger partial charge in [-0.2, -0.15) is 0 Å². The lowest BCUT2D eigenvalue weighted by Crippen LogP contribution is -2.27. The lowest BCUT2D eigenvalue weighted by molar-refractivity contribution is 0.0953. The van der Waals surface area contributed by atoms with Crippen LogP contribution in [0.15, 0.2) is 49.3 Å². The van der Waals surface area contributed by atoms with Gasteiger partial charge < -0.3 is 10.6 Å². The Kier molecular flexibility index (Phi) is 6.98. The predicted molar refractivity (Wildman–Crippen MR) is 99.3 cm³/mol. The van der Waals surface area contributed by atoms with Gasteiger partial charge >= 0.3 is 0 Å². The van der Waals surface area contributed by atoms with Gasteiger partial charge in [0.1, 0.15) is 0 Å². The fourth-order valence-corrected chi connectivity index (χ4v) is 2.60. The van der Waals surface area contributed by atoms with Crippen LogP contribution in [0.25, 0.3) is 0 Å². The van der Waals surface area contributed by atoms with Crippen molar-refractivity contribution in [3.8, 4) is 0 Å². The highest BCUT2D eigenvalue weighted by Gasteiger charge is 2.11. The minimum absolute atomic E-state index is 0.309. The molecule has 5 nitrogen and oxygen atoms in total. The van der Waals surface area contributed by atoms with Gasteiger partial charge in [-0.25, -0.2) is 0 Å². The van der Waals surface area contributed by atoms with Crippen LogP contribution >= 0.6 is 23.2 Å². The number of hydrogen-bond acceptors (Lipinski definition) is 3. The SMILES string of the molecule is C=CCNC(=O)c1cncc(C(=O)NCCc2ccc(Cl)cc2Cl)c1. The van der Waals surface area contributed by atoms with Gasteiger partial charge in [-0.3, -0.25) is 14.6 Å². The second-order valence-electron chi connectivity index (χ2n) is 5.20. The zero-order chi connectivity index (χ0) is 18.2. The third-order valence-electron chi connectivity index (χ3n) is 3.36. The summed E-state index contributed by atoms with van der Waals surface area (Å²) in [6.07, 6.45) is 4.95. The summed E-state index contributed by atoms with van der Waals surface area (Å²) in [6, 6.07) is 6.73. The molecule has 1 aromatic carbocycles. The average molecular weight is 378 g/mol. The van der Waals surface area contributed by atoms with Gasteiger partial charge in [0.25, 0.3) is 11.8 Å². The van der Waals surface area contributed by atoms with E-state index in [0.717, 1.165) is 5.56 Å². The number of nitrogens with zero attached hydrogens (tertiary/aromatic N) is 1. The number of nitrogens with one attached hydrogen (secondary N) is 2. The van der Waals surface area contributed by atoms with Crippen LogP contribution in [0, 0.1) is 0 Å². The highest BCUT2D eigenvalue weighted by Crippen LogP contribution is 2.21. The molecule has 1 heterocycles. The number of aromatic nitrogens is 1. The van der Waals surface area contributed by atoms with E-state index in [-0.39, 0.29) is 11.8 Å². The number of carbonyl (C=O) groups is 2. The van der Waals surface area contributed by atoms with Crippen LogP contribution < -0.4 is 10.6 Å². The predicted octanol–water partition coefficient (Wildman–Crippen LogP) is 3.28. The molecule has 0 atom stereocenters. The summed E-state index contributed by atoms with van der Waals surface area (Å²) in [6.45, 7) is 4.27. The molecule has 2 amide bonds. The summed E-state index contributed by atoms with van der Waals surface area (Å²) >= 11 is 12.0. The monoisotopic (exact) mass is 377 g/mol. The number of hydrogen-bond donors (Lipinski definition) is 2. The third-order valence-corrected chi connectivity index (χ3v) is 3.95. The Morgan fingerprint density at radius 1 is 1.08 bits per heavy atom. The Hall–Kier alpha value is -2.37. The van der Waals surface area contributed by atoms with Crippen LogP contribution in [0.1, 0.15) is 26.3 Å². The minimum atomic E-state index is -0.310. The fraction of sp³-hybridized carbons (Fsp3) is 0.167. The van der Waals surface area contributed by atoms with Gasteiger partial charge in [0.05, 0.1) is 11.1 Å². The molecule has 0 aliphatic rings. The van der Waals surface area contributed by atoms with Crippen molar-refractivity contribution >= 4 is 35.0 Å². The van der Waals surface area contributed by atoms with Gasteiger partial charge in [0.2, 0.25) is 0 Å². The molecular weight excluding hydrogens is 361 g/mol. The third kappa shape index (κ3) is 5.59. The molecule has 0 aliphatic carbocycles. The first-order chi connectivity index (χ1) is 12.0. The summed E-state index contributed by atoms with van der Waals surface area (Å²) in [7, 11) is 0. The number of pyridine rings is 1. The number of amides is 2. The molecule has 0 spiro atoms. The van der Waals surface area contributed by atoms with Crippen LogP contribution in [0.2, 0.25) is 10.0 Å². The first-order valence-corrected chi connectivity index (χ1v) is 8.33. The molecule has 1 aromatic heterocycles. The molecule has 2 rings (SSSR count). The molecule has 0 saturated heterocycles. The number of benzene rings is 1. The van der Waals surface area contributed by atoms with Gasteiger partial charge in [-0.15, -0.1) is 6.58 Å². The molecule has 0 bridgehead atoms. The summed E-state index contributed by atoms with van der Waals surface area (Å²) in [4.78, 5) is 28.0. The van der Waals surface area contributed by atoms with Crippen LogP contribution in [0.4, 0.5) is 0 Å². The van der Waals surface area contributed by atoms with Gasteiger partial charge in [-0.1, -0.05) is 35.3 Å². The molecule has 0 radical (unpaired) electrons. The van der Waals surface area contributed by atoms with Crippen molar-refractivity contribution < 1.29 is 9.59 Å². The average Bonchev–Trinajstić information content (AvgIpc) is 2.61. The molecule has 130 valence electrons. The van der Waals surface area contributed by atoms with E-state index in [0.29, 0.717) is 40.7 Å². The first kappa shape index (κ1) is 19.0. The Labute approximate surface area is 156 Å². The summed E-state index contributed by atoms with van der Waals surface area (Å²) in [5, 5.41) is 6.54. The van der Waals surface area contributed by atoms with Gasteiger partial charge in [0, 0.05) is 35.5 Å². The van der Waals surface area contributed by atoms with Crippen LogP contribution in [-0.2, 0) is 6.42 Å². The maximum Gasteiger partial charge on any atom is 0.253 e. The maximum atomic E-state index is 12.2. The molecule has 0 aliphatic heterocycles. The molecular formula is C18H17Cl2N3O2. The number of carbonyl (C=O) groups excluding carboxylic acids is 2. The van der Waals surface area contributed by atoms with Gasteiger partial charge in [-0.05, 0) is 30.2 Å². The molecule has 2 N–H and O–H groups in total. The van der Waals surface area contributed by atoms with Crippen LogP contribution in [0.3, 0.4) is 0 Å². The van der Waals surface area contributed by atoms with Gasteiger partial charge in [0.15, 0.2) is 0 Å². The minimum Gasteiger partial charge on any atom is -0.352 e. The van der Waals surface area contributed by atoms with E-state index in [1.54, 1.807) is 18.2 Å². The van der Waals surface area contributed by atoms with E-state index in [4.69, 9.17) is 23.2 Å². The smallest absolute Gasteiger partial charge is 0.253 e. The van der Waals surface area contributed by atoms with Crippen LogP contribution in [0.5, 0.6) is 0 Å².